The smallest absolute Gasteiger partial charge is 0.178 e. The van der Waals surface area contributed by atoms with E-state index in [1.165, 1.54) is 43.5 Å². The molecule has 4 aliphatic rings. The fourth-order valence-electron chi connectivity index (χ4n) is 8.18. The Morgan fingerprint density at radius 2 is 1.56 bits per heavy atom. The fourth-order valence-corrected chi connectivity index (χ4v) is 13.2. The van der Waals surface area contributed by atoms with Crippen molar-refractivity contribution in [3.8, 4) is 0 Å². The molecule has 1 unspecified atom stereocenters. The van der Waals surface area contributed by atoms with Gasteiger partial charge in [0.2, 0.25) is 0 Å². The Kier molecular flexibility index (Phi) is 7.47. The normalized spacial score (nSPS) is 19.9. The molecule has 4 heterocycles. The van der Waals surface area contributed by atoms with Crippen LogP contribution in [-0.2, 0) is 26.5 Å². The zero-order valence-electron chi connectivity index (χ0n) is 27.2. The van der Waals surface area contributed by atoms with Crippen LogP contribution in [0.15, 0.2) is 133 Å². The van der Waals surface area contributed by atoms with Crippen LogP contribution in [0.3, 0.4) is 0 Å². The minimum atomic E-state index is -2.77. The second-order valence-electron chi connectivity index (χ2n) is 13.3. The molecule has 5 aromatic rings. The van der Waals surface area contributed by atoms with Crippen LogP contribution in [0, 0.1) is 18.8 Å². The number of hydrogen-bond donors (Lipinski definition) is 0. The molecule has 240 valence electrons. The standard InChI is InChI=1S/C42H35N4Si.Pt/c1-42(2)35-17-6-7-18-37(35)46(31-14-12-13-30(27-31)45-26-25-44(3)29-45)38-28-32(22-23-36(38)42)47(41-21-10-11-24-43-41)39-19-8-4-15-33(39)34-16-5-9-20-40(34)47;/h4,6-8,10-26,29H,5,9H2,1-3H3;/q-3;. The van der Waals surface area contributed by atoms with Crippen molar-refractivity contribution in [2.75, 3.05) is 16.8 Å². The molecule has 48 heavy (non-hydrogen) atoms. The summed E-state index contributed by atoms with van der Waals surface area (Å²) in [5, 5.41) is 5.27. The minimum absolute atomic E-state index is 0. The molecule has 4 nitrogen and oxygen atoms in total. The molecule has 0 radical (unpaired) electrons. The maximum absolute atomic E-state index is 5.15. The van der Waals surface area contributed by atoms with Crippen LogP contribution < -0.4 is 25.5 Å². The van der Waals surface area contributed by atoms with Crippen molar-refractivity contribution in [2.24, 2.45) is 0 Å². The number of pyridine rings is 1. The van der Waals surface area contributed by atoms with Crippen molar-refractivity contribution < 1.29 is 21.1 Å². The third-order valence-electron chi connectivity index (χ3n) is 10.3. The van der Waals surface area contributed by atoms with E-state index in [9.17, 15) is 0 Å². The quantitative estimate of drug-likeness (QED) is 0.141. The van der Waals surface area contributed by atoms with Gasteiger partial charge < -0.3 is 14.7 Å². The summed E-state index contributed by atoms with van der Waals surface area (Å²) in [6.45, 7) is 6.76. The number of fused-ring (bicyclic) bond motifs is 5. The maximum atomic E-state index is 5.15. The van der Waals surface area contributed by atoms with Crippen molar-refractivity contribution in [3.05, 3.63) is 168 Å². The Morgan fingerprint density at radius 3 is 2.40 bits per heavy atom. The summed E-state index contributed by atoms with van der Waals surface area (Å²) in [7, 11) is -0.731. The zero-order valence-corrected chi connectivity index (χ0v) is 30.5. The van der Waals surface area contributed by atoms with Crippen LogP contribution in [0.4, 0.5) is 22.7 Å². The molecule has 0 amide bonds. The Balaban J connectivity index is 0.00000336. The van der Waals surface area contributed by atoms with Gasteiger partial charge in [0.25, 0.3) is 0 Å². The number of allylic oxidation sites excluding steroid dienone is 4. The number of anilines is 4. The molecule has 9 rings (SSSR count). The van der Waals surface area contributed by atoms with Gasteiger partial charge in [-0.1, -0.05) is 85.9 Å². The molecular formula is C42H35N4PtSi-3. The molecule has 0 bridgehead atoms. The first kappa shape index (κ1) is 30.9. The molecule has 1 aliphatic carbocycles. The first-order valence-electron chi connectivity index (χ1n) is 16.4. The zero-order chi connectivity index (χ0) is 31.8. The number of benzene rings is 4. The van der Waals surface area contributed by atoms with Crippen LogP contribution in [0.2, 0.25) is 0 Å². The summed E-state index contributed by atoms with van der Waals surface area (Å²) in [6, 6.07) is 43.4. The molecule has 0 fully saturated rings. The summed E-state index contributed by atoms with van der Waals surface area (Å²) in [5.41, 5.74) is 9.33. The van der Waals surface area contributed by atoms with Crippen molar-refractivity contribution in [1.82, 2.24) is 9.88 Å². The van der Waals surface area contributed by atoms with Crippen LogP contribution in [0.25, 0.3) is 5.57 Å². The number of aromatic nitrogens is 1. The van der Waals surface area contributed by atoms with Crippen molar-refractivity contribution in [3.63, 3.8) is 0 Å². The van der Waals surface area contributed by atoms with Gasteiger partial charge in [0.05, 0.1) is 0 Å². The molecule has 3 aliphatic heterocycles. The van der Waals surface area contributed by atoms with Crippen LogP contribution >= 0.6 is 0 Å². The van der Waals surface area contributed by atoms with E-state index in [4.69, 9.17) is 4.98 Å². The van der Waals surface area contributed by atoms with Gasteiger partial charge in [-0.2, -0.15) is 36.1 Å². The molecule has 1 aromatic heterocycles. The fraction of sp³-hybridized carbons (Fsp3) is 0.143. The third kappa shape index (κ3) is 4.41. The second kappa shape index (κ2) is 11.6. The van der Waals surface area contributed by atoms with E-state index in [2.05, 4.69) is 163 Å². The topological polar surface area (TPSA) is 22.6 Å². The van der Waals surface area contributed by atoms with E-state index in [1.807, 2.05) is 19.3 Å². The van der Waals surface area contributed by atoms with Gasteiger partial charge in [-0.3, -0.25) is 4.98 Å². The Morgan fingerprint density at radius 1 is 0.771 bits per heavy atom. The second-order valence-corrected chi connectivity index (χ2v) is 17.0. The van der Waals surface area contributed by atoms with Gasteiger partial charge in [0.1, 0.15) is 0 Å². The minimum Gasteiger partial charge on any atom is -0.510 e. The summed E-state index contributed by atoms with van der Waals surface area (Å²) in [6.07, 6.45) is 13.2. The first-order chi connectivity index (χ1) is 23.0. The SMILES string of the molecule is CN1C=CN(c2[c-]c(N3c4[c-]c([Si]5(c6ccccn6)C6=CCCC=C6c6ccccc65)ccc4C(C)(C)c4ccccc43)ccc2)[CH-]1.[Pt]. The predicted molar refractivity (Wildman–Crippen MR) is 195 cm³/mol. The van der Waals surface area contributed by atoms with E-state index in [0.717, 1.165) is 35.2 Å². The molecular weight excluding hydrogens is 784 g/mol. The predicted octanol–water partition coefficient (Wildman–Crippen LogP) is 7.26. The first-order valence-corrected chi connectivity index (χ1v) is 18.4. The van der Waals surface area contributed by atoms with Crippen molar-refractivity contribution >= 4 is 52.1 Å². The number of nitrogens with zero attached hydrogens (tertiary/aromatic N) is 4. The average Bonchev–Trinajstić information content (AvgIpc) is 3.68. The number of rotatable bonds is 4. The summed E-state index contributed by atoms with van der Waals surface area (Å²) < 4.78 is 0. The van der Waals surface area contributed by atoms with Gasteiger partial charge in [-0.15, -0.1) is 29.4 Å². The Labute approximate surface area is 299 Å². The van der Waals surface area contributed by atoms with Gasteiger partial charge >= 0.3 is 0 Å². The molecule has 0 saturated carbocycles. The summed E-state index contributed by atoms with van der Waals surface area (Å²) in [5.74, 6) is 0. The number of para-hydroxylation sites is 1. The van der Waals surface area contributed by atoms with Gasteiger partial charge in [0.15, 0.2) is 8.07 Å². The van der Waals surface area contributed by atoms with Crippen LogP contribution in [-0.4, -0.2) is 25.0 Å². The van der Waals surface area contributed by atoms with Crippen LogP contribution in [0.1, 0.15) is 43.4 Å². The molecule has 0 spiro atoms. The molecule has 0 saturated heterocycles. The van der Waals surface area contributed by atoms with E-state index in [-0.39, 0.29) is 26.5 Å². The Bertz CT molecular complexity index is 2150. The third-order valence-corrected chi connectivity index (χ3v) is 15.0. The van der Waals surface area contributed by atoms with Crippen molar-refractivity contribution in [2.45, 2.75) is 32.1 Å². The largest absolute Gasteiger partial charge is 0.510 e. The van der Waals surface area contributed by atoms with Crippen LogP contribution in [0.5, 0.6) is 0 Å². The molecule has 4 aromatic carbocycles. The Hall–Kier alpha value is -4.44. The maximum Gasteiger partial charge on any atom is 0.178 e. The number of hydrogen-bond acceptors (Lipinski definition) is 4. The van der Waals surface area contributed by atoms with Gasteiger partial charge in [-0.25, -0.2) is 0 Å². The summed E-state index contributed by atoms with van der Waals surface area (Å²) >= 11 is 0. The molecule has 0 N–H and O–H groups in total. The van der Waals surface area contributed by atoms with Crippen molar-refractivity contribution in [1.29, 1.82) is 0 Å². The molecule has 6 heteroatoms. The van der Waals surface area contributed by atoms with E-state index in [1.54, 1.807) is 0 Å². The van der Waals surface area contributed by atoms with E-state index < -0.39 is 8.07 Å². The molecule has 1 atom stereocenters. The van der Waals surface area contributed by atoms with Gasteiger partial charge in [-0.05, 0) is 83.0 Å². The van der Waals surface area contributed by atoms with E-state index >= 15 is 0 Å². The van der Waals surface area contributed by atoms with E-state index in [0.29, 0.717) is 0 Å². The summed E-state index contributed by atoms with van der Waals surface area (Å²) in [4.78, 5) is 11.7. The van der Waals surface area contributed by atoms with Gasteiger partial charge in [0, 0.05) is 38.3 Å². The average molecular weight is 819 g/mol. The monoisotopic (exact) mass is 818 g/mol.